The Kier molecular flexibility index (Phi) is 3.72. The van der Waals surface area contributed by atoms with Gasteiger partial charge in [-0.05, 0) is 19.3 Å². The van der Waals surface area contributed by atoms with E-state index in [1.807, 2.05) is 0 Å². The molecule has 0 radical (unpaired) electrons. The maximum absolute atomic E-state index is 12.0. The van der Waals surface area contributed by atoms with Crippen molar-refractivity contribution in [3.05, 3.63) is 16.1 Å². The summed E-state index contributed by atoms with van der Waals surface area (Å²) in [5.74, 6) is 2.59. The normalized spacial score (nSPS) is 17.0. The number of ether oxygens (including phenoxy) is 1. The molecular formula is C14H17NO2S. The van der Waals surface area contributed by atoms with Gasteiger partial charge in [-0.25, -0.2) is 9.78 Å². The third-order valence-electron chi connectivity index (χ3n) is 3.22. The molecule has 18 heavy (non-hydrogen) atoms. The summed E-state index contributed by atoms with van der Waals surface area (Å²) in [6.45, 7) is 4.11. The van der Waals surface area contributed by atoms with Crippen LogP contribution in [0.4, 0.5) is 0 Å². The zero-order chi connectivity index (χ0) is 13.2. The molecule has 0 aliphatic heterocycles. The van der Waals surface area contributed by atoms with Crippen molar-refractivity contribution in [2.75, 3.05) is 0 Å². The molecule has 1 fully saturated rings. The zero-order valence-electron chi connectivity index (χ0n) is 10.7. The van der Waals surface area contributed by atoms with Crippen LogP contribution in [-0.4, -0.2) is 16.6 Å². The highest BCUT2D eigenvalue weighted by molar-refractivity contribution is 7.09. The Labute approximate surface area is 112 Å². The molecule has 96 valence electrons. The SMILES string of the molecule is C#CCC1(OC(=O)c2csc(C(C)C)n2)CCC1. The molecule has 0 saturated heterocycles. The second kappa shape index (κ2) is 5.11. The lowest BCUT2D eigenvalue weighted by Gasteiger charge is -2.39. The van der Waals surface area contributed by atoms with Gasteiger partial charge in [-0.2, -0.15) is 0 Å². The van der Waals surface area contributed by atoms with Crippen molar-refractivity contribution in [1.82, 2.24) is 4.98 Å². The van der Waals surface area contributed by atoms with E-state index in [2.05, 4.69) is 24.8 Å². The predicted octanol–water partition coefficient (Wildman–Crippen LogP) is 3.37. The molecule has 1 aromatic rings. The van der Waals surface area contributed by atoms with Crippen LogP contribution in [0.1, 0.15) is 60.9 Å². The van der Waals surface area contributed by atoms with Crippen molar-refractivity contribution < 1.29 is 9.53 Å². The molecular weight excluding hydrogens is 246 g/mol. The van der Waals surface area contributed by atoms with Gasteiger partial charge >= 0.3 is 5.97 Å². The van der Waals surface area contributed by atoms with Gasteiger partial charge in [0.1, 0.15) is 5.60 Å². The molecule has 1 saturated carbocycles. The first-order chi connectivity index (χ1) is 8.56. The highest BCUT2D eigenvalue weighted by Gasteiger charge is 2.40. The first kappa shape index (κ1) is 13.1. The molecule has 1 heterocycles. The van der Waals surface area contributed by atoms with Crippen LogP contribution < -0.4 is 0 Å². The van der Waals surface area contributed by atoms with Gasteiger partial charge in [0.15, 0.2) is 5.69 Å². The van der Waals surface area contributed by atoms with Gasteiger partial charge in [0.25, 0.3) is 0 Å². The maximum Gasteiger partial charge on any atom is 0.358 e. The topological polar surface area (TPSA) is 39.2 Å². The first-order valence-corrected chi connectivity index (χ1v) is 7.06. The minimum Gasteiger partial charge on any atom is -0.453 e. The lowest BCUT2D eigenvalue weighted by atomic mass is 9.78. The fourth-order valence-electron chi connectivity index (χ4n) is 1.97. The second-order valence-electron chi connectivity index (χ2n) is 5.03. The van der Waals surface area contributed by atoms with Gasteiger partial charge < -0.3 is 4.74 Å². The summed E-state index contributed by atoms with van der Waals surface area (Å²) in [6, 6.07) is 0. The number of carbonyl (C=O) groups is 1. The molecule has 0 unspecified atom stereocenters. The lowest BCUT2D eigenvalue weighted by molar-refractivity contribution is -0.0591. The van der Waals surface area contributed by atoms with Crippen molar-refractivity contribution in [3.8, 4) is 12.3 Å². The Balaban J connectivity index is 2.05. The number of rotatable bonds is 4. The van der Waals surface area contributed by atoms with E-state index >= 15 is 0 Å². The summed E-state index contributed by atoms with van der Waals surface area (Å²) < 4.78 is 5.56. The standard InChI is InChI=1S/C14H17NO2S/c1-4-6-14(7-5-8-14)17-13(16)11-9-18-12(15-11)10(2)3/h1,9-10H,5-8H2,2-3H3. The molecule has 1 aliphatic rings. The average Bonchev–Trinajstić information content (AvgIpc) is 2.75. The Bertz CT molecular complexity index is 480. The van der Waals surface area contributed by atoms with E-state index < -0.39 is 5.60 Å². The number of terminal acetylenes is 1. The summed E-state index contributed by atoms with van der Waals surface area (Å²) in [6.07, 6.45) is 8.63. The number of aromatic nitrogens is 1. The summed E-state index contributed by atoms with van der Waals surface area (Å²) in [7, 11) is 0. The van der Waals surface area contributed by atoms with Crippen LogP contribution in [0.3, 0.4) is 0 Å². The van der Waals surface area contributed by atoms with E-state index in [0.717, 1.165) is 24.3 Å². The molecule has 0 N–H and O–H groups in total. The first-order valence-electron chi connectivity index (χ1n) is 6.18. The van der Waals surface area contributed by atoms with E-state index in [0.29, 0.717) is 18.0 Å². The van der Waals surface area contributed by atoms with Crippen LogP contribution in [0.25, 0.3) is 0 Å². The second-order valence-corrected chi connectivity index (χ2v) is 5.92. The molecule has 0 spiro atoms. The Hall–Kier alpha value is -1.34. The molecule has 1 aromatic heterocycles. The fourth-order valence-corrected chi connectivity index (χ4v) is 2.77. The number of nitrogens with zero attached hydrogens (tertiary/aromatic N) is 1. The van der Waals surface area contributed by atoms with Gasteiger partial charge in [-0.15, -0.1) is 23.7 Å². The van der Waals surface area contributed by atoms with Gasteiger partial charge in [0, 0.05) is 17.7 Å². The number of esters is 1. The molecule has 2 rings (SSSR count). The minimum absolute atomic E-state index is 0.333. The third-order valence-corrected chi connectivity index (χ3v) is 4.37. The summed E-state index contributed by atoms with van der Waals surface area (Å²) in [5.41, 5.74) is -0.0139. The number of hydrogen-bond donors (Lipinski definition) is 0. The van der Waals surface area contributed by atoms with Gasteiger partial charge in [0.2, 0.25) is 0 Å². The van der Waals surface area contributed by atoms with E-state index in [1.165, 1.54) is 11.3 Å². The van der Waals surface area contributed by atoms with Crippen molar-refractivity contribution in [1.29, 1.82) is 0 Å². The fraction of sp³-hybridized carbons (Fsp3) is 0.571. The Morgan fingerprint density at radius 3 is 2.83 bits per heavy atom. The highest BCUT2D eigenvalue weighted by Crippen LogP contribution is 2.39. The molecule has 0 atom stereocenters. The Morgan fingerprint density at radius 1 is 1.67 bits per heavy atom. The predicted molar refractivity (Wildman–Crippen MR) is 71.7 cm³/mol. The van der Waals surface area contributed by atoms with Gasteiger partial charge in [0.05, 0.1) is 5.01 Å². The molecule has 1 aliphatic carbocycles. The summed E-state index contributed by atoms with van der Waals surface area (Å²) >= 11 is 1.50. The van der Waals surface area contributed by atoms with Crippen LogP contribution in [0.2, 0.25) is 0 Å². The van der Waals surface area contributed by atoms with Crippen LogP contribution in [0, 0.1) is 12.3 Å². The largest absolute Gasteiger partial charge is 0.453 e. The molecule has 4 heteroatoms. The lowest BCUT2D eigenvalue weighted by Crippen LogP contribution is -2.41. The molecule has 0 aromatic carbocycles. The molecule has 0 bridgehead atoms. The van der Waals surface area contributed by atoms with E-state index in [4.69, 9.17) is 11.2 Å². The van der Waals surface area contributed by atoms with E-state index in [1.54, 1.807) is 5.38 Å². The van der Waals surface area contributed by atoms with Gasteiger partial charge in [-0.1, -0.05) is 13.8 Å². The van der Waals surface area contributed by atoms with Crippen molar-refractivity contribution in [2.24, 2.45) is 0 Å². The molecule has 0 amide bonds. The Morgan fingerprint density at radius 2 is 2.39 bits per heavy atom. The van der Waals surface area contributed by atoms with Crippen LogP contribution >= 0.6 is 11.3 Å². The quantitative estimate of drug-likeness (QED) is 0.617. The molecule has 3 nitrogen and oxygen atoms in total. The minimum atomic E-state index is -0.423. The van der Waals surface area contributed by atoms with Crippen molar-refractivity contribution in [3.63, 3.8) is 0 Å². The average molecular weight is 263 g/mol. The summed E-state index contributed by atoms with van der Waals surface area (Å²) in [5, 5.41) is 2.72. The summed E-state index contributed by atoms with van der Waals surface area (Å²) in [4.78, 5) is 16.3. The zero-order valence-corrected chi connectivity index (χ0v) is 11.5. The number of hydrogen-bond acceptors (Lipinski definition) is 4. The number of thiazole rings is 1. The van der Waals surface area contributed by atoms with Gasteiger partial charge in [-0.3, -0.25) is 0 Å². The van der Waals surface area contributed by atoms with Crippen molar-refractivity contribution in [2.45, 2.75) is 51.0 Å². The highest BCUT2D eigenvalue weighted by atomic mass is 32.1. The van der Waals surface area contributed by atoms with Crippen molar-refractivity contribution >= 4 is 17.3 Å². The van der Waals surface area contributed by atoms with Crippen LogP contribution in [0.5, 0.6) is 0 Å². The number of carbonyl (C=O) groups excluding carboxylic acids is 1. The van der Waals surface area contributed by atoms with E-state index in [9.17, 15) is 4.79 Å². The smallest absolute Gasteiger partial charge is 0.358 e. The maximum atomic E-state index is 12.0. The van der Waals surface area contributed by atoms with Crippen LogP contribution in [0.15, 0.2) is 5.38 Å². The van der Waals surface area contributed by atoms with Crippen LogP contribution in [-0.2, 0) is 4.74 Å². The van der Waals surface area contributed by atoms with E-state index in [-0.39, 0.29) is 5.97 Å². The monoisotopic (exact) mass is 263 g/mol. The third kappa shape index (κ3) is 2.56.